The summed E-state index contributed by atoms with van der Waals surface area (Å²) in [4.78, 5) is 0.180. The summed E-state index contributed by atoms with van der Waals surface area (Å²) < 4.78 is 39.4. The van der Waals surface area contributed by atoms with Gasteiger partial charge in [0, 0.05) is 16.7 Å². The first kappa shape index (κ1) is 18.6. The monoisotopic (exact) mass is 462 g/mol. The van der Waals surface area contributed by atoms with E-state index in [2.05, 4.69) is 31.4 Å². The highest BCUT2D eigenvalue weighted by atomic mass is 79.9. The number of furan rings is 1. The van der Waals surface area contributed by atoms with E-state index in [-0.39, 0.29) is 11.4 Å². The Balaban J connectivity index is 1.85. The smallest absolute Gasteiger partial charge is 0.268 e. The van der Waals surface area contributed by atoms with E-state index in [1.807, 2.05) is 6.92 Å². The van der Waals surface area contributed by atoms with E-state index < -0.39 is 10.0 Å². The largest absolute Gasteiger partial charge is 0.493 e. The average molecular weight is 463 g/mol. The van der Waals surface area contributed by atoms with E-state index >= 15 is 0 Å². The van der Waals surface area contributed by atoms with Crippen molar-refractivity contribution in [2.75, 3.05) is 13.7 Å². The lowest BCUT2D eigenvalue weighted by molar-refractivity contribution is 0.404. The molecule has 8 nitrogen and oxygen atoms in total. The minimum absolute atomic E-state index is 0.180. The van der Waals surface area contributed by atoms with Gasteiger partial charge < -0.3 is 9.15 Å². The number of nitrogens with zero attached hydrogens (tertiary/aromatic N) is 4. The third-order valence-corrected chi connectivity index (χ3v) is 6.57. The van der Waals surface area contributed by atoms with Gasteiger partial charge in [-0.25, -0.2) is 12.4 Å². The maximum atomic E-state index is 13.2. The van der Waals surface area contributed by atoms with Crippen molar-refractivity contribution in [3.8, 4) is 17.2 Å². The van der Waals surface area contributed by atoms with Gasteiger partial charge in [0.2, 0.25) is 0 Å². The zero-order valence-electron chi connectivity index (χ0n) is 15.0. The summed E-state index contributed by atoms with van der Waals surface area (Å²) in [5.41, 5.74) is 1.83. The lowest BCUT2D eigenvalue weighted by Crippen LogP contribution is -2.13. The van der Waals surface area contributed by atoms with Gasteiger partial charge in [0.15, 0.2) is 17.3 Å². The number of benzene rings is 1. The maximum Gasteiger partial charge on any atom is 0.268 e. The van der Waals surface area contributed by atoms with Crippen LogP contribution >= 0.6 is 15.9 Å². The van der Waals surface area contributed by atoms with Crippen LogP contribution in [0.25, 0.3) is 11.5 Å². The predicted molar refractivity (Wildman–Crippen MR) is 106 cm³/mol. The molecule has 0 spiro atoms. The molecule has 0 saturated carbocycles. The van der Waals surface area contributed by atoms with Gasteiger partial charge in [-0.05, 0) is 46.3 Å². The molecule has 4 rings (SSSR count). The number of aryl methyl sites for hydroxylation is 1. The molecule has 144 valence electrons. The first-order valence-electron chi connectivity index (χ1n) is 8.23. The van der Waals surface area contributed by atoms with E-state index in [0.717, 1.165) is 5.56 Å². The topological polar surface area (TPSA) is 98.5 Å². The van der Waals surface area contributed by atoms with Crippen LogP contribution in [0, 0.1) is 6.92 Å². The number of aromatic nitrogens is 1. The Kier molecular flexibility index (Phi) is 4.68. The van der Waals surface area contributed by atoms with Crippen molar-refractivity contribution in [2.24, 2.45) is 15.4 Å². The van der Waals surface area contributed by atoms with E-state index in [9.17, 15) is 8.42 Å². The molecule has 28 heavy (non-hydrogen) atoms. The summed E-state index contributed by atoms with van der Waals surface area (Å²) in [6, 6.07) is 9.93. The van der Waals surface area contributed by atoms with Crippen LogP contribution in [-0.2, 0) is 10.0 Å². The molecule has 0 aliphatic carbocycles. The molecule has 0 bridgehead atoms. The Hall–Kier alpha value is -2.72. The second kappa shape index (κ2) is 7.02. The van der Waals surface area contributed by atoms with Crippen molar-refractivity contribution in [3.05, 3.63) is 58.4 Å². The average Bonchev–Trinajstić information content (AvgIpc) is 3.40. The van der Waals surface area contributed by atoms with Crippen molar-refractivity contribution < 1.29 is 17.6 Å². The molecule has 0 saturated heterocycles. The Labute approximate surface area is 169 Å². The quantitative estimate of drug-likeness (QED) is 0.565. The molecule has 0 radical (unpaired) electrons. The fourth-order valence-electron chi connectivity index (χ4n) is 2.82. The number of hydrogen-bond acceptors (Lipinski definition) is 7. The molecular formula is C18H15BrN4O4S. The third kappa shape index (κ3) is 3.08. The van der Waals surface area contributed by atoms with Gasteiger partial charge in [-0.2, -0.15) is 5.11 Å². The Morgan fingerprint density at radius 3 is 2.61 bits per heavy atom. The Morgan fingerprint density at radius 1 is 1.21 bits per heavy atom. The van der Waals surface area contributed by atoms with Gasteiger partial charge in [-0.1, -0.05) is 17.7 Å². The van der Waals surface area contributed by atoms with Crippen LogP contribution in [0.15, 0.2) is 71.8 Å². The van der Waals surface area contributed by atoms with Gasteiger partial charge in [0.25, 0.3) is 10.0 Å². The molecule has 10 heteroatoms. The van der Waals surface area contributed by atoms with Crippen LogP contribution in [0.4, 0.5) is 0 Å². The normalized spacial score (nSPS) is 13.8. The second-order valence-electron chi connectivity index (χ2n) is 6.07. The first-order chi connectivity index (χ1) is 13.4. The number of halogens is 1. The molecular weight excluding hydrogens is 448 g/mol. The number of hydrogen-bond donors (Lipinski definition) is 0. The second-order valence-corrected chi connectivity index (χ2v) is 8.74. The molecule has 0 N–H and O–H groups in total. The Morgan fingerprint density at radius 2 is 1.96 bits per heavy atom. The fraction of sp³-hybridized carbons (Fsp3) is 0.167. The van der Waals surface area contributed by atoms with Crippen LogP contribution in [-0.4, -0.2) is 31.8 Å². The van der Waals surface area contributed by atoms with Gasteiger partial charge in [0.05, 0.1) is 12.0 Å². The summed E-state index contributed by atoms with van der Waals surface area (Å²) in [5.74, 6) is 1.11. The van der Waals surface area contributed by atoms with Gasteiger partial charge in [-0.15, -0.1) is 5.10 Å². The minimum Gasteiger partial charge on any atom is -0.493 e. The molecule has 1 aromatic carbocycles. The predicted octanol–water partition coefficient (Wildman–Crippen LogP) is 4.23. The SMILES string of the molecule is COc1cc(-c2c(Br)ccn2S(=O)(=O)c2ccc(C)cc2)oc1C1=NN=NC1. The van der Waals surface area contributed by atoms with Gasteiger partial charge in [0.1, 0.15) is 18.0 Å². The zero-order chi connectivity index (χ0) is 19.9. The van der Waals surface area contributed by atoms with Gasteiger partial charge in [-0.3, -0.25) is 0 Å². The number of rotatable bonds is 5. The summed E-state index contributed by atoms with van der Waals surface area (Å²) in [5, 5.41) is 11.3. The molecule has 0 fully saturated rings. The summed E-state index contributed by atoms with van der Waals surface area (Å²) >= 11 is 3.42. The van der Waals surface area contributed by atoms with Gasteiger partial charge >= 0.3 is 0 Å². The van der Waals surface area contributed by atoms with Crippen molar-refractivity contribution in [1.82, 2.24) is 3.97 Å². The van der Waals surface area contributed by atoms with E-state index in [1.165, 1.54) is 17.3 Å². The van der Waals surface area contributed by atoms with Crippen LogP contribution in [0.5, 0.6) is 5.75 Å². The lowest BCUT2D eigenvalue weighted by Gasteiger charge is -2.10. The van der Waals surface area contributed by atoms with Crippen LogP contribution in [0.1, 0.15) is 11.3 Å². The summed E-state index contributed by atoms with van der Waals surface area (Å²) in [6.07, 6.45) is 1.47. The van der Waals surface area contributed by atoms with Crippen LogP contribution in [0.2, 0.25) is 0 Å². The van der Waals surface area contributed by atoms with Crippen molar-refractivity contribution in [1.29, 1.82) is 0 Å². The first-order valence-corrected chi connectivity index (χ1v) is 10.5. The lowest BCUT2D eigenvalue weighted by atomic mass is 10.2. The fourth-order valence-corrected chi connectivity index (χ4v) is 4.80. The van der Waals surface area contributed by atoms with E-state index in [0.29, 0.717) is 33.1 Å². The van der Waals surface area contributed by atoms with Crippen molar-refractivity contribution >= 4 is 31.7 Å². The minimum atomic E-state index is -3.82. The summed E-state index contributed by atoms with van der Waals surface area (Å²) in [6.45, 7) is 2.17. The third-order valence-electron chi connectivity index (χ3n) is 4.24. The van der Waals surface area contributed by atoms with E-state index in [1.54, 1.807) is 36.4 Å². The van der Waals surface area contributed by atoms with Crippen LogP contribution in [0.3, 0.4) is 0 Å². The molecule has 0 amide bonds. The van der Waals surface area contributed by atoms with Crippen molar-refractivity contribution in [3.63, 3.8) is 0 Å². The molecule has 0 unspecified atom stereocenters. The van der Waals surface area contributed by atoms with E-state index in [4.69, 9.17) is 9.15 Å². The molecule has 0 atom stereocenters. The van der Waals surface area contributed by atoms with Crippen LogP contribution < -0.4 is 4.74 Å². The molecule has 1 aliphatic heterocycles. The molecule has 3 heterocycles. The highest BCUT2D eigenvalue weighted by Crippen LogP contribution is 2.38. The molecule has 1 aliphatic rings. The standard InChI is InChI=1S/C18H15BrN4O4S/c1-11-3-5-12(6-4-11)28(24,25)23-8-7-13(19)17(23)15-9-16(26-2)18(27-15)14-10-20-22-21-14/h3-9H,10H2,1-2H3. The molecule has 2 aromatic heterocycles. The number of ether oxygens (including phenoxy) is 1. The summed E-state index contributed by atoms with van der Waals surface area (Å²) in [7, 11) is -2.33. The highest BCUT2D eigenvalue weighted by molar-refractivity contribution is 9.10. The number of methoxy groups -OCH3 is 1. The highest BCUT2D eigenvalue weighted by Gasteiger charge is 2.27. The maximum absolute atomic E-state index is 13.2. The zero-order valence-corrected chi connectivity index (χ0v) is 17.4. The van der Waals surface area contributed by atoms with Crippen molar-refractivity contribution in [2.45, 2.75) is 11.8 Å². The Bertz CT molecular complexity index is 1210. The molecule has 3 aromatic rings.